The van der Waals surface area contributed by atoms with Crippen molar-refractivity contribution in [1.82, 2.24) is 4.31 Å². The van der Waals surface area contributed by atoms with Crippen molar-refractivity contribution in [2.45, 2.75) is 30.2 Å². The average molecular weight is 271 g/mol. The van der Waals surface area contributed by atoms with E-state index in [4.69, 9.17) is 5.11 Å². The van der Waals surface area contributed by atoms with E-state index in [2.05, 4.69) is 0 Å². The van der Waals surface area contributed by atoms with Crippen LogP contribution in [0.3, 0.4) is 0 Å². The van der Waals surface area contributed by atoms with Crippen LogP contribution in [0.1, 0.15) is 19.3 Å². The Kier molecular flexibility index (Phi) is 3.89. The van der Waals surface area contributed by atoms with Crippen LogP contribution < -0.4 is 0 Å². The van der Waals surface area contributed by atoms with Crippen molar-refractivity contribution in [2.75, 3.05) is 13.2 Å². The second-order valence-corrected chi connectivity index (χ2v) is 6.31. The lowest BCUT2D eigenvalue weighted by Gasteiger charge is -2.36. The third-order valence-corrected chi connectivity index (χ3v) is 5.17. The number of rotatable bonds is 5. The van der Waals surface area contributed by atoms with Crippen LogP contribution in [0.5, 0.6) is 5.75 Å². The molecule has 0 heterocycles. The van der Waals surface area contributed by atoms with E-state index in [9.17, 15) is 13.5 Å². The number of phenolic OH excluding ortho intramolecular Hbond substituents is 1. The summed E-state index contributed by atoms with van der Waals surface area (Å²) in [6, 6.07) is 5.60. The molecule has 6 heteroatoms. The molecule has 0 atom stereocenters. The lowest BCUT2D eigenvalue weighted by Crippen LogP contribution is -2.45. The molecule has 0 radical (unpaired) electrons. The predicted octanol–water partition coefficient (Wildman–Crippen LogP) is 0.928. The Morgan fingerprint density at radius 3 is 2.56 bits per heavy atom. The molecule has 0 bridgehead atoms. The molecule has 1 aliphatic rings. The van der Waals surface area contributed by atoms with E-state index >= 15 is 0 Å². The van der Waals surface area contributed by atoms with Crippen LogP contribution in [0, 0.1) is 0 Å². The van der Waals surface area contributed by atoms with Gasteiger partial charge < -0.3 is 10.2 Å². The fraction of sp³-hybridized carbons (Fsp3) is 0.500. The van der Waals surface area contributed by atoms with Crippen molar-refractivity contribution in [3.63, 3.8) is 0 Å². The van der Waals surface area contributed by atoms with E-state index in [0.717, 1.165) is 19.3 Å². The maximum Gasteiger partial charge on any atom is 0.243 e. The Balaban J connectivity index is 2.32. The van der Waals surface area contributed by atoms with Gasteiger partial charge >= 0.3 is 0 Å². The number of aromatic hydroxyl groups is 1. The highest BCUT2D eigenvalue weighted by molar-refractivity contribution is 7.89. The van der Waals surface area contributed by atoms with Gasteiger partial charge in [-0.3, -0.25) is 0 Å². The van der Waals surface area contributed by atoms with Crippen molar-refractivity contribution in [3.05, 3.63) is 24.3 Å². The summed E-state index contributed by atoms with van der Waals surface area (Å²) < 4.78 is 26.2. The molecule has 1 aliphatic carbocycles. The van der Waals surface area contributed by atoms with E-state index in [1.807, 2.05) is 0 Å². The number of benzene rings is 1. The predicted molar refractivity (Wildman–Crippen MR) is 66.7 cm³/mol. The molecule has 2 rings (SSSR count). The largest absolute Gasteiger partial charge is 0.508 e. The van der Waals surface area contributed by atoms with Crippen LogP contribution in [0.2, 0.25) is 0 Å². The molecule has 0 unspecified atom stereocenters. The van der Waals surface area contributed by atoms with Gasteiger partial charge in [0.05, 0.1) is 11.5 Å². The van der Waals surface area contributed by atoms with Crippen LogP contribution in [-0.4, -0.2) is 42.1 Å². The van der Waals surface area contributed by atoms with E-state index in [0.29, 0.717) is 0 Å². The van der Waals surface area contributed by atoms with Gasteiger partial charge in [0.25, 0.3) is 0 Å². The third kappa shape index (κ3) is 2.50. The van der Waals surface area contributed by atoms with Crippen molar-refractivity contribution >= 4 is 10.0 Å². The van der Waals surface area contributed by atoms with Gasteiger partial charge in [-0.15, -0.1) is 0 Å². The van der Waals surface area contributed by atoms with Crippen LogP contribution >= 0.6 is 0 Å². The first-order chi connectivity index (χ1) is 8.55. The maximum absolute atomic E-state index is 12.4. The molecular weight excluding hydrogens is 254 g/mol. The molecule has 18 heavy (non-hydrogen) atoms. The van der Waals surface area contributed by atoms with E-state index < -0.39 is 10.0 Å². The summed E-state index contributed by atoms with van der Waals surface area (Å²) in [5.41, 5.74) is 0. The first kappa shape index (κ1) is 13.3. The highest BCUT2D eigenvalue weighted by atomic mass is 32.2. The number of nitrogens with zero attached hydrogens (tertiary/aromatic N) is 1. The Bertz CT molecular complexity index is 511. The van der Waals surface area contributed by atoms with Gasteiger partial charge in [0.2, 0.25) is 10.0 Å². The number of aliphatic hydroxyl groups is 1. The Labute approximate surface area is 107 Å². The van der Waals surface area contributed by atoms with Gasteiger partial charge in [-0.05, 0) is 31.0 Å². The molecule has 1 saturated carbocycles. The molecule has 1 fully saturated rings. The second kappa shape index (κ2) is 5.26. The quantitative estimate of drug-likeness (QED) is 0.835. The number of hydrogen-bond acceptors (Lipinski definition) is 4. The van der Waals surface area contributed by atoms with Gasteiger partial charge in [-0.2, -0.15) is 4.31 Å². The standard InChI is InChI=1S/C12H17NO4S/c14-8-7-13(10-3-1-4-10)18(16,17)12-6-2-5-11(15)9-12/h2,5-6,9-10,14-15H,1,3-4,7-8H2. The zero-order valence-electron chi connectivity index (χ0n) is 9.99. The molecule has 100 valence electrons. The second-order valence-electron chi connectivity index (χ2n) is 4.42. The number of sulfonamides is 1. The van der Waals surface area contributed by atoms with Gasteiger partial charge in [-0.1, -0.05) is 12.5 Å². The summed E-state index contributed by atoms with van der Waals surface area (Å²) in [4.78, 5) is 0.0721. The molecule has 0 aromatic heterocycles. The summed E-state index contributed by atoms with van der Waals surface area (Å²) in [5, 5.41) is 18.4. The molecule has 0 amide bonds. The topological polar surface area (TPSA) is 77.8 Å². The van der Waals surface area contributed by atoms with Gasteiger partial charge in [0.15, 0.2) is 0 Å². The number of hydrogen-bond donors (Lipinski definition) is 2. The molecule has 0 saturated heterocycles. The first-order valence-corrected chi connectivity index (χ1v) is 7.41. The SMILES string of the molecule is O=S(=O)(c1cccc(O)c1)N(CCO)C1CCC1. The van der Waals surface area contributed by atoms with E-state index in [1.54, 1.807) is 0 Å². The summed E-state index contributed by atoms with van der Waals surface area (Å²) >= 11 is 0. The summed E-state index contributed by atoms with van der Waals surface area (Å²) in [5.74, 6) is -0.0753. The van der Waals surface area contributed by atoms with Gasteiger partial charge in [0.1, 0.15) is 5.75 Å². The minimum atomic E-state index is -3.63. The molecule has 1 aromatic rings. The molecule has 0 spiro atoms. The average Bonchev–Trinajstić information content (AvgIpc) is 2.26. The Hall–Kier alpha value is -1.11. The molecular formula is C12H17NO4S. The van der Waals surface area contributed by atoms with Crippen LogP contribution in [0.4, 0.5) is 0 Å². The molecule has 1 aromatic carbocycles. The zero-order valence-corrected chi connectivity index (χ0v) is 10.8. The fourth-order valence-electron chi connectivity index (χ4n) is 2.05. The van der Waals surface area contributed by atoms with Gasteiger partial charge in [0, 0.05) is 12.6 Å². The van der Waals surface area contributed by atoms with E-state index in [-0.39, 0.29) is 29.8 Å². The lowest BCUT2D eigenvalue weighted by molar-refractivity contribution is 0.178. The zero-order chi connectivity index (χ0) is 13.2. The third-order valence-electron chi connectivity index (χ3n) is 3.23. The van der Waals surface area contributed by atoms with Crippen molar-refractivity contribution in [2.24, 2.45) is 0 Å². The van der Waals surface area contributed by atoms with E-state index in [1.165, 1.54) is 28.6 Å². The number of phenols is 1. The first-order valence-electron chi connectivity index (χ1n) is 5.97. The highest BCUT2D eigenvalue weighted by Gasteiger charge is 2.34. The Morgan fingerprint density at radius 1 is 1.33 bits per heavy atom. The van der Waals surface area contributed by atoms with Crippen LogP contribution in [0.15, 0.2) is 29.2 Å². The summed E-state index contributed by atoms with van der Waals surface area (Å²) in [6.07, 6.45) is 2.68. The normalized spacial score (nSPS) is 16.8. The molecule has 0 aliphatic heterocycles. The monoisotopic (exact) mass is 271 g/mol. The van der Waals surface area contributed by atoms with Crippen molar-refractivity contribution in [1.29, 1.82) is 0 Å². The molecule has 2 N–H and O–H groups in total. The minimum absolute atomic E-state index is 0.0236. The lowest BCUT2D eigenvalue weighted by atomic mass is 9.93. The van der Waals surface area contributed by atoms with Crippen LogP contribution in [0.25, 0.3) is 0 Å². The number of aliphatic hydroxyl groups excluding tert-OH is 1. The fourth-order valence-corrected chi connectivity index (χ4v) is 3.77. The summed E-state index contributed by atoms with van der Waals surface area (Å²) in [6.45, 7) is -0.1000. The Morgan fingerprint density at radius 2 is 2.06 bits per heavy atom. The minimum Gasteiger partial charge on any atom is -0.508 e. The summed E-state index contributed by atoms with van der Waals surface area (Å²) in [7, 11) is -3.63. The van der Waals surface area contributed by atoms with Crippen molar-refractivity contribution < 1.29 is 18.6 Å². The van der Waals surface area contributed by atoms with Crippen LogP contribution in [-0.2, 0) is 10.0 Å². The maximum atomic E-state index is 12.4. The highest BCUT2D eigenvalue weighted by Crippen LogP contribution is 2.30. The molecule has 5 nitrogen and oxygen atoms in total. The van der Waals surface area contributed by atoms with Gasteiger partial charge in [-0.25, -0.2) is 8.42 Å². The van der Waals surface area contributed by atoms with Crippen molar-refractivity contribution in [3.8, 4) is 5.75 Å². The smallest absolute Gasteiger partial charge is 0.243 e.